The molecule has 0 fully saturated rings. The summed E-state index contributed by atoms with van der Waals surface area (Å²) in [4.78, 5) is 31.9. The number of para-hydroxylation sites is 1. The van der Waals surface area contributed by atoms with Crippen LogP contribution in [-0.2, 0) is 13.1 Å². The molecule has 2 aromatic carbocycles. The molecule has 174 valence electrons. The van der Waals surface area contributed by atoms with Gasteiger partial charge in [0, 0.05) is 30.5 Å². The van der Waals surface area contributed by atoms with E-state index in [1.54, 1.807) is 24.4 Å². The summed E-state index contributed by atoms with van der Waals surface area (Å²) in [6.45, 7) is 4.89. The first-order valence-corrected chi connectivity index (χ1v) is 11.2. The summed E-state index contributed by atoms with van der Waals surface area (Å²) in [6, 6.07) is 18.3. The highest BCUT2D eigenvalue weighted by Gasteiger charge is 2.26. The van der Waals surface area contributed by atoms with E-state index >= 15 is 0 Å². The number of aromatic nitrogens is 2. The molecule has 35 heavy (non-hydrogen) atoms. The van der Waals surface area contributed by atoms with Crippen LogP contribution in [0.2, 0.25) is 0 Å². The number of carboxylic acid groups (broad SMARTS) is 1. The second-order valence-electron chi connectivity index (χ2n) is 8.74. The summed E-state index contributed by atoms with van der Waals surface area (Å²) < 4.78 is 1.41. The van der Waals surface area contributed by atoms with Gasteiger partial charge in [-0.05, 0) is 48.7 Å². The van der Waals surface area contributed by atoms with E-state index < -0.39 is 11.5 Å². The molecule has 0 saturated heterocycles. The van der Waals surface area contributed by atoms with E-state index in [1.807, 2.05) is 49.1 Å². The summed E-state index contributed by atoms with van der Waals surface area (Å²) in [5.41, 5.74) is 4.47. The molecule has 5 rings (SSSR count). The molecule has 0 amide bonds. The Bertz CT molecular complexity index is 1560. The molecule has 0 spiro atoms. The van der Waals surface area contributed by atoms with Crippen molar-refractivity contribution in [2.24, 2.45) is 0 Å². The van der Waals surface area contributed by atoms with Gasteiger partial charge in [0.2, 0.25) is 0 Å². The zero-order chi connectivity index (χ0) is 24.7. The van der Waals surface area contributed by atoms with Crippen molar-refractivity contribution >= 4 is 23.1 Å². The third-order valence-corrected chi connectivity index (χ3v) is 6.32. The van der Waals surface area contributed by atoms with Crippen molar-refractivity contribution in [3.63, 3.8) is 0 Å². The standard InChI is InChI=1S/C27H23N5O3/c1-16-11-21(17(2)29-23-10-6-5-9-20(23)27(34)35)25-30-24(22(12-28)26(33)32(25)13-16)31-14-18-7-3-4-8-19(18)15-31/h3-11,13,17,29H,14-15H2,1-2H3,(H,34,35)/t17-/m1/s1. The van der Waals surface area contributed by atoms with Gasteiger partial charge >= 0.3 is 5.97 Å². The van der Waals surface area contributed by atoms with Crippen molar-refractivity contribution in [3.05, 3.63) is 105 Å². The largest absolute Gasteiger partial charge is 0.478 e. The predicted octanol–water partition coefficient (Wildman–Crippen LogP) is 4.27. The maximum Gasteiger partial charge on any atom is 0.337 e. The molecule has 1 aliphatic heterocycles. The lowest BCUT2D eigenvalue weighted by molar-refractivity contribution is 0.0698. The molecule has 3 heterocycles. The highest BCUT2D eigenvalue weighted by atomic mass is 16.4. The Morgan fingerprint density at radius 3 is 2.46 bits per heavy atom. The number of carbonyl (C=O) groups is 1. The third kappa shape index (κ3) is 3.87. The first-order valence-electron chi connectivity index (χ1n) is 11.2. The highest BCUT2D eigenvalue weighted by Crippen LogP contribution is 2.31. The number of anilines is 2. The van der Waals surface area contributed by atoms with Crippen LogP contribution in [0.1, 0.15) is 51.1 Å². The molecular weight excluding hydrogens is 442 g/mol. The normalized spacial score (nSPS) is 13.3. The molecule has 0 saturated carbocycles. The number of nitrogens with one attached hydrogen (secondary N) is 1. The van der Waals surface area contributed by atoms with Gasteiger partial charge in [-0.1, -0.05) is 36.4 Å². The van der Waals surface area contributed by atoms with Gasteiger partial charge in [0.1, 0.15) is 11.7 Å². The first kappa shape index (κ1) is 22.2. The molecule has 0 unspecified atom stereocenters. The van der Waals surface area contributed by atoms with Crippen molar-refractivity contribution in [2.45, 2.75) is 33.0 Å². The van der Waals surface area contributed by atoms with E-state index in [0.717, 1.165) is 22.3 Å². The van der Waals surface area contributed by atoms with E-state index in [9.17, 15) is 20.0 Å². The average molecular weight is 466 g/mol. The molecule has 2 aromatic heterocycles. The Balaban J connectivity index is 1.64. The number of hydrogen-bond acceptors (Lipinski definition) is 6. The first-order chi connectivity index (χ1) is 16.9. The van der Waals surface area contributed by atoms with Gasteiger partial charge in [-0.15, -0.1) is 0 Å². The maximum absolute atomic E-state index is 13.4. The van der Waals surface area contributed by atoms with Crippen molar-refractivity contribution in [2.75, 3.05) is 10.2 Å². The molecule has 2 N–H and O–H groups in total. The number of pyridine rings is 1. The van der Waals surface area contributed by atoms with Gasteiger partial charge in [-0.2, -0.15) is 5.26 Å². The van der Waals surface area contributed by atoms with Gasteiger partial charge in [0.15, 0.2) is 11.4 Å². The van der Waals surface area contributed by atoms with E-state index in [0.29, 0.717) is 30.2 Å². The molecule has 0 aliphatic carbocycles. The van der Waals surface area contributed by atoms with E-state index in [-0.39, 0.29) is 17.2 Å². The molecule has 8 nitrogen and oxygen atoms in total. The number of fused-ring (bicyclic) bond motifs is 2. The molecular formula is C27H23N5O3. The number of benzene rings is 2. The average Bonchev–Trinajstić information content (AvgIpc) is 3.28. The topological polar surface area (TPSA) is 111 Å². The second kappa shape index (κ2) is 8.61. The van der Waals surface area contributed by atoms with Crippen LogP contribution >= 0.6 is 0 Å². The number of aromatic carboxylic acids is 1. The van der Waals surface area contributed by atoms with Crippen LogP contribution in [0.15, 0.2) is 65.6 Å². The van der Waals surface area contributed by atoms with Crippen LogP contribution in [0.4, 0.5) is 11.5 Å². The summed E-state index contributed by atoms with van der Waals surface area (Å²) >= 11 is 0. The van der Waals surface area contributed by atoms with Crippen molar-refractivity contribution in [3.8, 4) is 6.07 Å². The third-order valence-electron chi connectivity index (χ3n) is 6.32. The van der Waals surface area contributed by atoms with E-state index in [4.69, 9.17) is 4.98 Å². The minimum atomic E-state index is -1.03. The lowest BCUT2D eigenvalue weighted by atomic mass is 10.1. The second-order valence-corrected chi connectivity index (χ2v) is 8.74. The highest BCUT2D eigenvalue weighted by molar-refractivity contribution is 5.94. The lowest BCUT2D eigenvalue weighted by Gasteiger charge is -2.22. The van der Waals surface area contributed by atoms with Gasteiger partial charge in [0.25, 0.3) is 5.56 Å². The number of aryl methyl sites for hydroxylation is 1. The summed E-state index contributed by atoms with van der Waals surface area (Å²) in [7, 11) is 0. The summed E-state index contributed by atoms with van der Waals surface area (Å²) in [5, 5.41) is 22.7. The Morgan fingerprint density at radius 2 is 1.80 bits per heavy atom. The number of nitrogens with zero attached hydrogens (tertiary/aromatic N) is 4. The van der Waals surface area contributed by atoms with Crippen LogP contribution < -0.4 is 15.8 Å². The monoisotopic (exact) mass is 465 g/mol. The Morgan fingerprint density at radius 1 is 1.14 bits per heavy atom. The predicted molar refractivity (Wildman–Crippen MR) is 133 cm³/mol. The number of nitriles is 1. The molecule has 0 bridgehead atoms. The van der Waals surface area contributed by atoms with Crippen LogP contribution in [-0.4, -0.2) is 20.5 Å². The zero-order valence-corrected chi connectivity index (χ0v) is 19.3. The fraction of sp³-hybridized carbons (Fsp3) is 0.185. The summed E-state index contributed by atoms with van der Waals surface area (Å²) in [6.07, 6.45) is 1.68. The van der Waals surface area contributed by atoms with Gasteiger partial charge in [0.05, 0.1) is 11.6 Å². The number of rotatable bonds is 5. The van der Waals surface area contributed by atoms with Crippen LogP contribution in [0, 0.1) is 18.3 Å². The van der Waals surface area contributed by atoms with Crippen LogP contribution in [0.25, 0.3) is 5.65 Å². The van der Waals surface area contributed by atoms with Gasteiger partial charge < -0.3 is 15.3 Å². The summed E-state index contributed by atoms with van der Waals surface area (Å²) in [5.74, 6) is -0.671. The molecule has 1 atom stereocenters. The minimum Gasteiger partial charge on any atom is -0.478 e. The fourth-order valence-corrected chi connectivity index (χ4v) is 4.63. The number of carboxylic acids is 1. The van der Waals surface area contributed by atoms with Crippen molar-refractivity contribution in [1.29, 1.82) is 5.26 Å². The Hall–Kier alpha value is -4.64. The van der Waals surface area contributed by atoms with Gasteiger partial charge in [-0.3, -0.25) is 9.20 Å². The molecule has 4 aromatic rings. The minimum absolute atomic E-state index is 0.00342. The smallest absolute Gasteiger partial charge is 0.337 e. The quantitative estimate of drug-likeness (QED) is 0.453. The van der Waals surface area contributed by atoms with Crippen LogP contribution in [0.3, 0.4) is 0 Å². The Labute approximate surface area is 201 Å². The molecule has 1 aliphatic rings. The van der Waals surface area contributed by atoms with E-state index in [2.05, 4.69) is 11.4 Å². The fourth-order valence-electron chi connectivity index (χ4n) is 4.63. The lowest BCUT2D eigenvalue weighted by Crippen LogP contribution is -2.27. The SMILES string of the molecule is Cc1cc([C@@H](C)Nc2ccccc2C(=O)O)c2nc(N3Cc4ccccc4C3)c(C#N)c(=O)n2c1. The zero-order valence-electron chi connectivity index (χ0n) is 19.3. The van der Waals surface area contributed by atoms with Crippen molar-refractivity contribution in [1.82, 2.24) is 9.38 Å². The molecule has 0 radical (unpaired) electrons. The number of hydrogen-bond donors (Lipinski definition) is 2. The molecule has 8 heteroatoms. The van der Waals surface area contributed by atoms with Crippen LogP contribution in [0.5, 0.6) is 0 Å². The Kier molecular flexibility index (Phi) is 5.46. The van der Waals surface area contributed by atoms with Crippen molar-refractivity contribution < 1.29 is 9.90 Å². The van der Waals surface area contributed by atoms with Gasteiger partial charge in [-0.25, -0.2) is 9.78 Å². The van der Waals surface area contributed by atoms with E-state index in [1.165, 1.54) is 10.5 Å². The maximum atomic E-state index is 13.4.